The molecule has 0 saturated heterocycles. The molecule has 0 aromatic rings. The quantitative estimate of drug-likeness (QED) is 0.559. The van der Waals surface area contributed by atoms with Crippen LogP contribution in [0.2, 0.25) is 0 Å². The van der Waals surface area contributed by atoms with E-state index in [1.165, 1.54) is 0 Å². The summed E-state index contributed by atoms with van der Waals surface area (Å²) in [5.41, 5.74) is 5.36. The lowest BCUT2D eigenvalue weighted by Gasteiger charge is -2.27. The predicted molar refractivity (Wildman–Crippen MR) is 52.7 cm³/mol. The van der Waals surface area contributed by atoms with E-state index in [2.05, 4.69) is 0 Å². The average Bonchev–Trinajstić information content (AvgIpc) is 2.14. The zero-order chi connectivity index (χ0) is 11.5. The minimum absolute atomic E-state index is 0.104. The highest BCUT2D eigenvalue weighted by molar-refractivity contribution is 5.79. The molecule has 0 aromatic heterocycles. The van der Waals surface area contributed by atoms with E-state index in [1.807, 2.05) is 0 Å². The molecule has 0 atom stereocenters. The van der Waals surface area contributed by atoms with Crippen molar-refractivity contribution in [3.63, 3.8) is 0 Å². The van der Waals surface area contributed by atoms with Gasteiger partial charge < -0.3 is 5.73 Å². The molecule has 0 spiro atoms. The van der Waals surface area contributed by atoms with E-state index in [-0.39, 0.29) is 24.1 Å². The number of halogens is 3. The zero-order valence-electron chi connectivity index (χ0n) is 8.61. The Morgan fingerprint density at radius 1 is 1.20 bits per heavy atom. The number of rotatable bonds is 3. The van der Waals surface area contributed by atoms with Gasteiger partial charge in [-0.1, -0.05) is 0 Å². The van der Waals surface area contributed by atoms with E-state index in [0.29, 0.717) is 0 Å². The molecular formula is C10H17F3N2. The van der Waals surface area contributed by atoms with Crippen LogP contribution in [-0.4, -0.2) is 12.0 Å². The highest BCUT2D eigenvalue weighted by Crippen LogP contribution is 2.34. The van der Waals surface area contributed by atoms with Crippen LogP contribution in [0.25, 0.3) is 0 Å². The molecule has 1 rings (SSSR count). The largest absolute Gasteiger partial charge is 0.389 e. The van der Waals surface area contributed by atoms with Gasteiger partial charge in [-0.25, -0.2) is 0 Å². The highest BCUT2D eigenvalue weighted by Gasteiger charge is 2.30. The van der Waals surface area contributed by atoms with E-state index >= 15 is 0 Å². The fourth-order valence-corrected chi connectivity index (χ4v) is 2.13. The van der Waals surface area contributed by atoms with Crippen LogP contribution in [0.15, 0.2) is 0 Å². The molecule has 0 bridgehead atoms. The molecule has 1 saturated carbocycles. The van der Waals surface area contributed by atoms with Crippen molar-refractivity contribution in [1.82, 2.24) is 0 Å². The first-order valence-electron chi connectivity index (χ1n) is 5.29. The number of hydrogen-bond donors (Lipinski definition) is 2. The minimum atomic E-state index is -4.03. The molecule has 5 heteroatoms. The third kappa shape index (κ3) is 4.53. The first-order valence-corrected chi connectivity index (χ1v) is 5.29. The lowest BCUT2D eigenvalue weighted by atomic mass is 9.79. The summed E-state index contributed by atoms with van der Waals surface area (Å²) in [4.78, 5) is 0. The smallest absolute Gasteiger partial charge is 0.387 e. The van der Waals surface area contributed by atoms with Gasteiger partial charge >= 0.3 is 6.18 Å². The molecule has 0 amide bonds. The standard InChI is InChI=1S/C10H17F3N2/c11-10(12,13)6-5-7-1-3-8(4-2-7)9(14)15/h7-8H,1-6H2,(H3,14,15). The Bertz CT molecular complexity index is 217. The van der Waals surface area contributed by atoms with Gasteiger partial charge in [-0.3, -0.25) is 5.41 Å². The second kappa shape index (κ2) is 4.86. The maximum absolute atomic E-state index is 12.0. The highest BCUT2D eigenvalue weighted by atomic mass is 19.4. The summed E-state index contributed by atoms with van der Waals surface area (Å²) in [7, 11) is 0. The van der Waals surface area contributed by atoms with Crippen molar-refractivity contribution in [3.8, 4) is 0 Å². The topological polar surface area (TPSA) is 49.9 Å². The number of nitrogens with one attached hydrogen (secondary N) is 1. The lowest BCUT2D eigenvalue weighted by molar-refractivity contribution is -0.138. The normalized spacial score (nSPS) is 27.7. The van der Waals surface area contributed by atoms with Crippen LogP contribution in [0.1, 0.15) is 38.5 Å². The first-order chi connectivity index (χ1) is 6.88. The van der Waals surface area contributed by atoms with Crippen LogP contribution in [0.4, 0.5) is 13.2 Å². The van der Waals surface area contributed by atoms with Gasteiger partial charge in [-0.2, -0.15) is 13.2 Å². The van der Waals surface area contributed by atoms with Crippen molar-refractivity contribution >= 4 is 5.84 Å². The van der Waals surface area contributed by atoms with Crippen LogP contribution >= 0.6 is 0 Å². The number of alkyl halides is 3. The maximum atomic E-state index is 12.0. The van der Waals surface area contributed by atoms with E-state index in [0.717, 1.165) is 25.7 Å². The molecule has 88 valence electrons. The second-order valence-corrected chi connectivity index (χ2v) is 4.33. The van der Waals surface area contributed by atoms with Gasteiger partial charge in [0, 0.05) is 12.3 Å². The summed E-state index contributed by atoms with van der Waals surface area (Å²) in [6, 6.07) is 0. The molecular weight excluding hydrogens is 205 g/mol. The van der Waals surface area contributed by atoms with Gasteiger partial charge in [0.2, 0.25) is 0 Å². The fraction of sp³-hybridized carbons (Fsp3) is 0.900. The Labute approximate surface area is 87.5 Å². The second-order valence-electron chi connectivity index (χ2n) is 4.33. The van der Waals surface area contributed by atoms with E-state index in [1.54, 1.807) is 0 Å². The molecule has 1 fully saturated rings. The first kappa shape index (κ1) is 12.3. The lowest BCUT2D eigenvalue weighted by Crippen LogP contribution is -2.27. The predicted octanol–water partition coefficient (Wildman–Crippen LogP) is 3.07. The van der Waals surface area contributed by atoms with Crippen molar-refractivity contribution in [2.24, 2.45) is 17.6 Å². The van der Waals surface area contributed by atoms with Crippen LogP contribution in [0.5, 0.6) is 0 Å². The van der Waals surface area contributed by atoms with Crippen molar-refractivity contribution in [1.29, 1.82) is 5.41 Å². The average molecular weight is 222 g/mol. The number of amidine groups is 1. The molecule has 3 N–H and O–H groups in total. The zero-order valence-corrected chi connectivity index (χ0v) is 8.61. The number of hydrogen-bond acceptors (Lipinski definition) is 1. The van der Waals surface area contributed by atoms with Gasteiger partial charge in [0.1, 0.15) is 0 Å². The SMILES string of the molecule is N=C(N)C1CCC(CCC(F)(F)F)CC1. The van der Waals surface area contributed by atoms with E-state index in [4.69, 9.17) is 11.1 Å². The summed E-state index contributed by atoms with van der Waals surface area (Å²) in [6.07, 6.45) is -1.37. The summed E-state index contributed by atoms with van der Waals surface area (Å²) < 4.78 is 35.9. The molecule has 0 radical (unpaired) electrons. The van der Waals surface area contributed by atoms with Crippen molar-refractivity contribution < 1.29 is 13.2 Å². The maximum Gasteiger partial charge on any atom is 0.389 e. The molecule has 2 nitrogen and oxygen atoms in total. The van der Waals surface area contributed by atoms with Crippen LogP contribution in [0, 0.1) is 17.2 Å². The summed E-state index contributed by atoms with van der Waals surface area (Å²) in [6.45, 7) is 0. The monoisotopic (exact) mass is 222 g/mol. The summed E-state index contributed by atoms with van der Waals surface area (Å²) >= 11 is 0. The van der Waals surface area contributed by atoms with Crippen molar-refractivity contribution in [2.45, 2.75) is 44.7 Å². The van der Waals surface area contributed by atoms with E-state index in [9.17, 15) is 13.2 Å². The molecule has 0 aromatic carbocycles. The molecule has 1 aliphatic rings. The molecule has 0 unspecified atom stereocenters. The van der Waals surface area contributed by atoms with Gasteiger partial charge in [-0.15, -0.1) is 0 Å². The van der Waals surface area contributed by atoms with Gasteiger partial charge in [0.15, 0.2) is 0 Å². The molecule has 0 aliphatic heterocycles. The Morgan fingerprint density at radius 3 is 2.13 bits per heavy atom. The minimum Gasteiger partial charge on any atom is -0.387 e. The van der Waals surface area contributed by atoms with Gasteiger partial charge in [0.25, 0.3) is 0 Å². The van der Waals surface area contributed by atoms with E-state index < -0.39 is 12.6 Å². The van der Waals surface area contributed by atoms with Crippen molar-refractivity contribution in [3.05, 3.63) is 0 Å². The summed E-state index contributed by atoms with van der Waals surface area (Å²) in [5, 5.41) is 7.25. The van der Waals surface area contributed by atoms with Crippen LogP contribution < -0.4 is 5.73 Å². The third-order valence-corrected chi connectivity index (χ3v) is 3.12. The summed E-state index contributed by atoms with van der Waals surface area (Å²) in [5.74, 6) is 0.457. The third-order valence-electron chi connectivity index (χ3n) is 3.12. The Balaban J connectivity index is 2.23. The number of nitrogens with two attached hydrogens (primary N) is 1. The molecule has 1 aliphatic carbocycles. The Kier molecular flexibility index (Phi) is 3.99. The van der Waals surface area contributed by atoms with Crippen molar-refractivity contribution in [2.75, 3.05) is 0 Å². The Morgan fingerprint density at radius 2 is 1.73 bits per heavy atom. The Hall–Kier alpha value is -0.740. The molecule has 15 heavy (non-hydrogen) atoms. The fourth-order valence-electron chi connectivity index (χ4n) is 2.13. The van der Waals surface area contributed by atoms with Gasteiger partial charge in [0.05, 0.1) is 5.84 Å². The van der Waals surface area contributed by atoms with Crippen LogP contribution in [-0.2, 0) is 0 Å². The van der Waals surface area contributed by atoms with Gasteiger partial charge in [-0.05, 0) is 38.0 Å². The molecule has 0 heterocycles. The van der Waals surface area contributed by atoms with Crippen LogP contribution in [0.3, 0.4) is 0 Å².